The van der Waals surface area contributed by atoms with Crippen molar-refractivity contribution in [3.63, 3.8) is 0 Å². The predicted octanol–water partition coefficient (Wildman–Crippen LogP) is 1.60. The topological polar surface area (TPSA) is 83.5 Å². The third kappa shape index (κ3) is 3.16. The van der Waals surface area contributed by atoms with Gasteiger partial charge < -0.3 is 5.11 Å². The minimum absolute atomic E-state index is 0.0215. The number of aliphatic carboxylic acids is 1. The van der Waals surface area contributed by atoms with E-state index in [2.05, 4.69) is 4.72 Å². The highest BCUT2D eigenvalue weighted by Crippen LogP contribution is 2.31. The molecule has 2 atom stereocenters. The summed E-state index contributed by atoms with van der Waals surface area (Å²) >= 11 is 0. The van der Waals surface area contributed by atoms with Gasteiger partial charge in [0.15, 0.2) is 0 Å². The van der Waals surface area contributed by atoms with Crippen LogP contribution in [0, 0.1) is 17.7 Å². The van der Waals surface area contributed by atoms with Crippen molar-refractivity contribution in [3.05, 3.63) is 30.1 Å². The van der Waals surface area contributed by atoms with Crippen molar-refractivity contribution in [2.45, 2.75) is 24.2 Å². The first-order valence-electron chi connectivity index (χ1n) is 6.39. The highest BCUT2D eigenvalue weighted by molar-refractivity contribution is 7.89. The SMILES string of the molecule is O=C(O)C1CCCC1CNS(=O)(=O)c1ccccc1F. The number of carboxylic acids is 1. The zero-order valence-electron chi connectivity index (χ0n) is 10.8. The zero-order valence-corrected chi connectivity index (χ0v) is 11.6. The molecule has 110 valence electrons. The Balaban J connectivity index is 2.07. The number of carboxylic acid groups (broad SMARTS) is 1. The normalized spacial score (nSPS) is 22.9. The Morgan fingerprint density at radius 3 is 2.70 bits per heavy atom. The molecule has 0 radical (unpaired) electrons. The fourth-order valence-electron chi connectivity index (χ4n) is 2.56. The van der Waals surface area contributed by atoms with E-state index in [4.69, 9.17) is 5.11 Å². The maximum atomic E-state index is 13.5. The third-order valence-corrected chi connectivity index (χ3v) is 5.09. The highest BCUT2D eigenvalue weighted by atomic mass is 32.2. The van der Waals surface area contributed by atoms with Crippen molar-refractivity contribution in [3.8, 4) is 0 Å². The van der Waals surface area contributed by atoms with Crippen LogP contribution in [0.2, 0.25) is 0 Å². The maximum absolute atomic E-state index is 13.5. The molecular formula is C13H16FNO4S. The van der Waals surface area contributed by atoms with E-state index in [9.17, 15) is 17.6 Å². The Hall–Kier alpha value is -1.47. The largest absolute Gasteiger partial charge is 0.481 e. The van der Waals surface area contributed by atoms with Gasteiger partial charge in [-0.15, -0.1) is 0 Å². The molecule has 0 heterocycles. The number of hydrogen-bond donors (Lipinski definition) is 2. The van der Waals surface area contributed by atoms with Gasteiger partial charge in [0.2, 0.25) is 10.0 Å². The van der Waals surface area contributed by atoms with Gasteiger partial charge in [-0.25, -0.2) is 17.5 Å². The lowest BCUT2D eigenvalue weighted by Crippen LogP contribution is -2.33. The monoisotopic (exact) mass is 301 g/mol. The van der Waals surface area contributed by atoms with Crippen molar-refractivity contribution < 1.29 is 22.7 Å². The van der Waals surface area contributed by atoms with Crippen LogP contribution in [0.4, 0.5) is 4.39 Å². The molecular weight excluding hydrogens is 285 g/mol. The average molecular weight is 301 g/mol. The molecule has 0 saturated heterocycles. The van der Waals surface area contributed by atoms with E-state index in [0.717, 1.165) is 12.5 Å². The number of carbonyl (C=O) groups is 1. The van der Waals surface area contributed by atoms with E-state index in [1.165, 1.54) is 18.2 Å². The molecule has 1 aliphatic rings. The predicted molar refractivity (Wildman–Crippen MR) is 70.1 cm³/mol. The molecule has 2 N–H and O–H groups in total. The molecule has 20 heavy (non-hydrogen) atoms. The summed E-state index contributed by atoms with van der Waals surface area (Å²) in [5, 5.41) is 9.04. The van der Waals surface area contributed by atoms with Crippen molar-refractivity contribution in [2.24, 2.45) is 11.8 Å². The van der Waals surface area contributed by atoms with Gasteiger partial charge >= 0.3 is 5.97 Å². The molecule has 0 aliphatic heterocycles. The Kier molecular flexibility index (Phi) is 4.39. The van der Waals surface area contributed by atoms with Gasteiger partial charge in [-0.1, -0.05) is 18.6 Å². The lowest BCUT2D eigenvalue weighted by molar-refractivity contribution is -0.142. The summed E-state index contributed by atoms with van der Waals surface area (Å²) in [4.78, 5) is 10.6. The van der Waals surface area contributed by atoms with Gasteiger partial charge in [0.05, 0.1) is 5.92 Å². The fourth-order valence-corrected chi connectivity index (χ4v) is 3.73. The van der Waals surface area contributed by atoms with Gasteiger partial charge in [0.25, 0.3) is 0 Å². The van der Waals surface area contributed by atoms with Crippen LogP contribution in [0.15, 0.2) is 29.2 Å². The van der Waals surface area contributed by atoms with Crippen LogP contribution in [-0.2, 0) is 14.8 Å². The minimum atomic E-state index is -3.95. The van der Waals surface area contributed by atoms with Crippen LogP contribution in [0.25, 0.3) is 0 Å². The first kappa shape index (κ1) is 14.9. The van der Waals surface area contributed by atoms with Crippen molar-refractivity contribution in [1.29, 1.82) is 0 Å². The minimum Gasteiger partial charge on any atom is -0.481 e. The highest BCUT2D eigenvalue weighted by Gasteiger charge is 2.33. The van der Waals surface area contributed by atoms with Crippen LogP contribution in [0.3, 0.4) is 0 Å². The number of hydrogen-bond acceptors (Lipinski definition) is 3. The van der Waals surface area contributed by atoms with Crippen molar-refractivity contribution in [1.82, 2.24) is 4.72 Å². The second-order valence-electron chi connectivity index (χ2n) is 4.92. The van der Waals surface area contributed by atoms with Gasteiger partial charge in [-0.3, -0.25) is 4.79 Å². The smallest absolute Gasteiger partial charge is 0.306 e. The van der Waals surface area contributed by atoms with E-state index in [-0.39, 0.29) is 12.5 Å². The van der Waals surface area contributed by atoms with Crippen molar-refractivity contribution in [2.75, 3.05) is 6.54 Å². The second-order valence-corrected chi connectivity index (χ2v) is 6.65. The average Bonchev–Trinajstić information content (AvgIpc) is 2.85. The van der Waals surface area contributed by atoms with E-state index in [0.29, 0.717) is 12.8 Å². The number of halogens is 1. The Labute approximate surface area is 116 Å². The van der Waals surface area contributed by atoms with Gasteiger partial charge in [0, 0.05) is 6.54 Å². The molecule has 0 spiro atoms. The molecule has 0 bridgehead atoms. The Morgan fingerprint density at radius 2 is 2.05 bits per heavy atom. The van der Waals surface area contributed by atoms with Gasteiger partial charge in [0.1, 0.15) is 10.7 Å². The number of sulfonamides is 1. The summed E-state index contributed by atoms with van der Waals surface area (Å²) in [5.41, 5.74) is 0. The number of nitrogens with one attached hydrogen (secondary N) is 1. The molecule has 0 aromatic heterocycles. The van der Waals surface area contributed by atoms with Gasteiger partial charge in [-0.05, 0) is 30.9 Å². The van der Waals surface area contributed by atoms with Crippen LogP contribution in [-0.4, -0.2) is 26.0 Å². The first-order chi connectivity index (χ1) is 9.42. The molecule has 1 saturated carbocycles. The zero-order chi connectivity index (χ0) is 14.8. The molecule has 2 rings (SSSR count). The summed E-state index contributed by atoms with van der Waals surface area (Å²) in [6.07, 6.45) is 1.99. The van der Waals surface area contributed by atoms with Gasteiger partial charge in [-0.2, -0.15) is 0 Å². The van der Waals surface area contributed by atoms with Crippen LogP contribution < -0.4 is 4.72 Å². The molecule has 1 aliphatic carbocycles. The fraction of sp³-hybridized carbons (Fsp3) is 0.462. The maximum Gasteiger partial charge on any atom is 0.306 e. The molecule has 7 heteroatoms. The molecule has 0 amide bonds. The molecule has 1 fully saturated rings. The Morgan fingerprint density at radius 1 is 1.35 bits per heavy atom. The second kappa shape index (κ2) is 5.88. The third-order valence-electron chi connectivity index (χ3n) is 3.64. The first-order valence-corrected chi connectivity index (χ1v) is 7.87. The lowest BCUT2D eigenvalue weighted by Gasteiger charge is -2.16. The molecule has 2 unspecified atom stereocenters. The molecule has 1 aromatic rings. The van der Waals surface area contributed by atoms with E-state index in [1.807, 2.05) is 0 Å². The molecule has 5 nitrogen and oxygen atoms in total. The summed E-state index contributed by atoms with van der Waals surface area (Å²) in [5.74, 6) is -2.49. The van der Waals surface area contributed by atoms with E-state index >= 15 is 0 Å². The summed E-state index contributed by atoms with van der Waals surface area (Å²) in [6, 6.07) is 5.10. The summed E-state index contributed by atoms with van der Waals surface area (Å²) in [7, 11) is -3.95. The summed E-state index contributed by atoms with van der Waals surface area (Å²) < 4.78 is 39.8. The lowest BCUT2D eigenvalue weighted by atomic mass is 9.97. The molecule has 1 aromatic carbocycles. The Bertz CT molecular complexity index is 602. The quantitative estimate of drug-likeness (QED) is 0.865. The summed E-state index contributed by atoms with van der Waals surface area (Å²) in [6.45, 7) is 0.0215. The van der Waals surface area contributed by atoms with Crippen LogP contribution in [0.5, 0.6) is 0 Å². The van der Waals surface area contributed by atoms with Crippen molar-refractivity contribution >= 4 is 16.0 Å². The van der Waals surface area contributed by atoms with Crippen LogP contribution in [0.1, 0.15) is 19.3 Å². The number of rotatable bonds is 5. The van der Waals surface area contributed by atoms with E-state index < -0.39 is 32.6 Å². The van der Waals surface area contributed by atoms with E-state index in [1.54, 1.807) is 0 Å². The standard InChI is InChI=1S/C13H16FNO4S/c14-11-6-1-2-7-12(11)20(18,19)15-8-9-4-3-5-10(9)13(16)17/h1-2,6-7,9-10,15H,3-5,8H2,(H,16,17). The van der Waals surface area contributed by atoms with Crippen LogP contribution >= 0.6 is 0 Å². The number of benzene rings is 1.